The lowest BCUT2D eigenvalue weighted by molar-refractivity contribution is 0.0849. The minimum Gasteiger partial charge on any atom is -0.493 e. The molecule has 0 aliphatic carbocycles. The third kappa shape index (κ3) is 4.95. The van der Waals surface area contributed by atoms with Gasteiger partial charge in [0.15, 0.2) is 11.5 Å². The molecule has 0 aliphatic rings. The molecule has 1 aromatic heterocycles. The zero-order valence-corrected chi connectivity index (χ0v) is 16.5. The van der Waals surface area contributed by atoms with Crippen molar-refractivity contribution in [3.05, 3.63) is 46.9 Å². The molecule has 1 unspecified atom stereocenters. The van der Waals surface area contributed by atoms with Crippen molar-refractivity contribution in [2.45, 2.75) is 12.6 Å². The summed E-state index contributed by atoms with van der Waals surface area (Å²) in [4.78, 5) is 1.33. The zero-order valence-electron chi connectivity index (χ0n) is 14.9. The quantitative estimate of drug-likeness (QED) is 0.582. The molecule has 0 bridgehead atoms. The first-order valence-corrected chi connectivity index (χ1v) is 8.95. The monoisotopic (exact) mass is 434 g/mol. The van der Waals surface area contributed by atoms with E-state index < -0.39 is 6.10 Å². The topological polar surface area (TPSA) is 91.5 Å². The molecule has 1 N–H and O–H groups in total. The summed E-state index contributed by atoms with van der Waals surface area (Å²) < 4.78 is 17.0. The van der Waals surface area contributed by atoms with Crippen molar-refractivity contribution in [3.8, 4) is 28.6 Å². The first-order valence-electron chi connectivity index (χ1n) is 8.15. The summed E-state index contributed by atoms with van der Waals surface area (Å²) in [6.45, 7) is 0.276. The molecule has 9 heteroatoms. The van der Waals surface area contributed by atoms with Crippen molar-refractivity contribution in [2.24, 2.45) is 0 Å². The van der Waals surface area contributed by atoms with Gasteiger partial charge in [-0.15, -0.1) is 10.2 Å². The summed E-state index contributed by atoms with van der Waals surface area (Å²) in [6, 6.07) is 12.8. The van der Waals surface area contributed by atoms with E-state index in [0.29, 0.717) is 23.1 Å². The number of methoxy groups -OCH3 is 2. The maximum atomic E-state index is 10.2. The van der Waals surface area contributed by atoms with Crippen LogP contribution < -0.4 is 14.2 Å². The lowest BCUT2D eigenvalue weighted by Gasteiger charge is -2.11. The van der Waals surface area contributed by atoms with Crippen LogP contribution in [0.15, 0.2) is 46.9 Å². The van der Waals surface area contributed by atoms with Crippen LogP contribution in [0, 0.1) is 0 Å². The Labute approximate surface area is 164 Å². The van der Waals surface area contributed by atoms with Crippen LogP contribution in [0.2, 0.25) is 0 Å². The van der Waals surface area contributed by atoms with Gasteiger partial charge < -0.3 is 19.3 Å². The van der Waals surface area contributed by atoms with Gasteiger partial charge in [0.25, 0.3) is 0 Å². The highest BCUT2D eigenvalue weighted by atomic mass is 79.9. The second-order valence-corrected chi connectivity index (χ2v) is 6.58. The molecule has 0 fully saturated rings. The maximum Gasteiger partial charge on any atom is 0.205 e. The number of rotatable bonds is 8. The molecule has 1 atom stereocenters. The summed E-state index contributed by atoms with van der Waals surface area (Å²) >= 11 is 3.38. The van der Waals surface area contributed by atoms with E-state index in [2.05, 4.69) is 31.3 Å². The average molecular weight is 435 g/mol. The van der Waals surface area contributed by atoms with E-state index in [-0.39, 0.29) is 13.2 Å². The number of benzene rings is 2. The van der Waals surface area contributed by atoms with Crippen LogP contribution in [0.1, 0.15) is 0 Å². The van der Waals surface area contributed by atoms with Gasteiger partial charge >= 0.3 is 0 Å². The first kappa shape index (κ1) is 19.1. The van der Waals surface area contributed by atoms with Crippen molar-refractivity contribution in [1.82, 2.24) is 20.2 Å². The number of halogens is 1. The zero-order chi connectivity index (χ0) is 19.2. The molecule has 27 heavy (non-hydrogen) atoms. The molecular formula is C18H19BrN4O4. The SMILES string of the molecule is COc1ccc(-c2nnn(CC(O)COc3cccc(Br)c3)n2)cc1OC. The number of hydrogen-bond donors (Lipinski definition) is 1. The van der Waals surface area contributed by atoms with E-state index in [1.807, 2.05) is 30.3 Å². The van der Waals surface area contributed by atoms with Crippen LogP contribution in [-0.2, 0) is 6.54 Å². The number of aliphatic hydroxyl groups excluding tert-OH is 1. The Morgan fingerprint density at radius 2 is 1.93 bits per heavy atom. The highest BCUT2D eigenvalue weighted by Gasteiger charge is 2.13. The predicted molar refractivity (Wildman–Crippen MR) is 102 cm³/mol. The fourth-order valence-electron chi connectivity index (χ4n) is 2.40. The highest BCUT2D eigenvalue weighted by molar-refractivity contribution is 9.10. The largest absolute Gasteiger partial charge is 0.493 e. The van der Waals surface area contributed by atoms with Gasteiger partial charge in [0.2, 0.25) is 5.82 Å². The lowest BCUT2D eigenvalue weighted by atomic mass is 10.2. The van der Waals surface area contributed by atoms with Gasteiger partial charge in [0, 0.05) is 10.0 Å². The number of aliphatic hydroxyl groups is 1. The first-order chi connectivity index (χ1) is 13.1. The average Bonchev–Trinajstić information content (AvgIpc) is 3.14. The van der Waals surface area contributed by atoms with Crippen molar-refractivity contribution in [3.63, 3.8) is 0 Å². The molecule has 2 aromatic carbocycles. The molecule has 0 saturated heterocycles. The van der Waals surface area contributed by atoms with E-state index >= 15 is 0 Å². The van der Waals surface area contributed by atoms with Gasteiger partial charge in [0.05, 0.1) is 20.8 Å². The summed E-state index contributed by atoms with van der Waals surface area (Å²) in [5.41, 5.74) is 0.735. The van der Waals surface area contributed by atoms with E-state index in [0.717, 1.165) is 10.0 Å². The normalized spacial score (nSPS) is 11.9. The van der Waals surface area contributed by atoms with Crippen LogP contribution in [0.4, 0.5) is 0 Å². The smallest absolute Gasteiger partial charge is 0.205 e. The molecule has 8 nitrogen and oxygen atoms in total. The van der Waals surface area contributed by atoms with Crippen LogP contribution >= 0.6 is 15.9 Å². The summed E-state index contributed by atoms with van der Waals surface area (Å²) in [6.07, 6.45) is -0.781. The summed E-state index contributed by atoms with van der Waals surface area (Å²) in [7, 11) is 3.14. The van der Waals surface area contributed by atoms with Crippen molar-refractivity contribution in [1.29, 1.82) is 0 Å². The molecule has 0 spiro atoms. The van der Waals surface area contributed by atoms with Crippen molar-refractivity contribution < 1.29 is 19.3 Å². The summed E-state index contributed by atoms with van der Waals surface area (Å²) in [5.74, 6) is 2.29. The number of aromatic nitrogens is 4. The highest BCUT2D eigenvalue weighted by Crippen LogP contribution is 2.30. The minimum atomic E-state index is -0.781. The van der Waals surface area contributed by atoms with Crippen LogP contribution in [-0.4, -0.2) is 52.2 Å². The second kappa shape index (κ2) is 8.83. The Morgan fingerprint density at radius 3 is 2.67 bits per heavy atom. The van der Waals surface area contributed by atoms with E-state index in [1.165, 1.54) is 4.80 Å². The molecule has 0 aliphatic heterocycles. The molecule has 3 rings (SSSR count). The lowest BCUT2D eigenvalue weighted by Crippen LogP contribution is -2.25. The molecule has 142 valence electrons. The van der Waals surface area contributed by atoms with E-state index in [4.69, 9.17) is 14.2 Å². The van der Waals surface area contributed by atoms with Crippen LogP contribution in [0.5, 0.6) is 17.2 Å². The Hall–Kier alpha value is -2.65. The third-order valence-electron chi connectivity index (χ3n) is 3.71. The Morgan fingerprint density at radius 1 is 1.11 bits per heavy atom. The van der Waals surface area contributed by atoms with E-state index in [9.17, 15) is 5.11 Å². The van der Waals surface area contributed by atoms with E-state index in [1.54, 1.807) is 26.4 Å². The third-order valence-corrected chi connectivity index (χ3v) is 4.20. The van der Waals surface area contributed by atoms with Gasteiger partial charge in [-0.25, -0.2) is 0 Å². The molecule has 0 radical (unpaired) electrons. The number of hydrogen-bond acceptors (Lipinski definition) is 7. The van der Waals surface area contributed by atoms with Crippen molar-refractivity contribution in [2.75, 3.05) is 20.8 Å². The molecule has 0 saturated carbocycles. The fourth-order valence-corrected chi connectivity index (χ4v) is 2.78. The second-order valence-electron chi connectivity index (χ2n) is 5.66. The number of ether oxygens (including phenoxy) is 3. The fraction of sp³-hybridized carbons (Fsp3) is 0.278. The van der Waals surface area contributed by atoms with Gasteiger partial charge in [0.1, 0.15) is 18.5 Å². The predicted octanol–water partition coefficient (Wildman–Crippen LogP) is 2.56. The Bertz CT molecular complexity index is 903. The number of nitrogens with zero attached hydrogens (tertiary/aromatic N) is 4. The van der Waals surface area contributed by atoms with Gasteiger partial charge in [-0.3, -0.25) is 0 Å². The molecule has 1 heterocycles. The summed E-state index contributed by atoms with van der Waals surface area (Å²) in [5, 5.41) is 22.5. The van der Waals surface area contributed by atoms with Crippen molar-refractivity contribution >= 4 is 15.9 Å². The van der Waals surface area contributed by atoms with Gasteiger partial charge in [-0.1, -0.05) is 22.0 Å². The molecular weight excluding hydrogens is 416 g/mol. The standard InChI is InChI=1S/C18H19BrN4O4/c1-25-16-7-6-12(8-17(16)26-2)18-20-22-23(21-18)10-14(24)11-27-15-5-3-4-13(19)9-15/h3-9,14,24H,10-11H2,1-2H3. The number of tetrazole rings is 1. The van der Waals surface area contributed by atoms with Crippen LogP contribution in [0.3, 0.4) is 0 Å². The minimum absolute atomic E-state index is 0.115. The molecule has 3 aromatic rings. The van der Waals surface area contributed by atoms with Gasteiger partial charge in [-0.05, 0) is 41.6 Å². The molecule has 0 amide bonds. The van der Waals surface area contributed by atoms with Gasteiger partial charge in [-0.2, -0.15) is 4.80 Å². The van der Waals surface area contributed by atoms with Crippen LogP contribution in [0.25, 0.3) is 11.4 Å². The maximum absolute atomic E-state index is 10.2. The Kier molecular flexibility index (Phi) is 6.25. The Balaban J connectivity index is 1.62.